The third-order valence-electron chi connectivity index (χ3n) is 6.31. The largest absolute Gasteiger partial charge is 0.444 e. The number of aromatic nitrogens is 4. The third-order valence-corrected chi connectivity index (χ3v) is 7.86. The van der Waals surface area contributed by atoms with Crippen molar-refractivity contribution in [3.05, 3.63) is 127 Å². The fourth-order valence-electron chi connectivity index (χ4n) is 4.32. The maximum Gasteiger partial charge on any atom is 0.444 e. The smallest absolute Gasteiger partial charge is 0.415 e. The molecular formula is C31H29N6O3P. The summed E-state index contributed by atoms with van der Waals surface area (Å²) in [5.74, 6) is 1.39. The predicted molar refractivity (Wildman–Crippen MR) is 156 cm³/mol. The summed E-state index contributed by atoms with van der Waals surface area (Å²) >= 11 is 0. The lowest BCUT2D eigenvalue weighted by molar-refractivity contribution is 0.372. The van der Waals surface area contributed by atoms with E-state index in [1.807, 2.05) is 30.3 Å². The SMILES string of the molecule is N#CCCn1nnnc1[C@H](Cc1ccc(-c2ccccc2)cc1)NCP(=O)(Oc1ccccc1)Oc1ccccc1. The molecule has 5 rings (SSSR count). The van der Waals surface area contributed by atoms with E-state index in [2.05, 4.69) is 63.3 Å². The fourth-order valence-corrected chi connectivity index (χ4v) is 5.82. The van der Waals surface area contributed by atoms with Crippen LogP contribution in [-0.4, -0.2) is 26.5 Å². The zero-order chi connectivity index (χ0) is 28.3. The van der Waals surface area contributed by atoms with Crippen molar-refractivity contribution in [2.75, 3.05) is 6.29 Å². The highest BCUT2D eigenvalue weighted by Gasteiger charge is 2.31. The molecule has 5 aromatic rings. The maximum atomic E-state index is 14.1. The van der Waals surface area contributed by atoms with Gasteiger partial charge in [0, 0.05) is 0 Å². The molecular weight excluding hydrogens is 535 g/mol. The highest BCUT2D eigenvalue weighted by atomic mass is 31.2. The average molecular weight is 565 g/mol. The molecule has 1 aromatic heterocycles. The van der Waals surface area contributed by atoms with Crippen molar-refractivity contribution >= 4 is 7.60 Å². The van der Waals surface area contributed by atoms with Gasteiger partial charge < -0.3 is 9.05 Å². The van der Waals surface area contributed by atoms with Gasteiger partial charge in [-0.15, -0.1) is 5.10 Å². The van der Waals surface area contributed by atoms with Gasteiger partial charge in [0.1, 0.15) is 17.8 Å². The third kappa shape index (κ3) is 7.67. The van der Waals surface area contributed by atoms with Gasteiger partial charge in [0.2, 0.25) is 0 Å². The molecule has 206 valence electrons. The number of tetrazole rings is 1. The minimum absolute atomic E-state index is 0.116. The second-order valence-corrected chi connectivity index (χ2v) is 11.2. The van der Waals surface area contributed by atoms with Crippen LogP contribution in [0, 0.1) is 11.3 Å². The van der Waals surface area contributed by atoms with E-state index in [9.17, 15) is 4.57 Å². The lowest BCUT2D eigenvalue weighted by Crippen LogP contribution is -2.29. The molecule has 0 fully saturated rings. The Hall–Kier alpha value is -4.77. The summed E-state index contributed by atoms with van der Waals surface area (Å²) in [5, 5.41) is 24.7. The van der Waals surface area contributed by atoms with E-state index in [1.165, 1.54) is 0 Å². The van der Waals surface area contributed by atoms with Crippen molar-refractivity contribution in [3.63, 3.8) is 0 Å². The first-order valence-electron chi connectivity index (χ1n) is 13.2. The molecule has 41 heavy (non-hydrogen) atoms. The van der Waals surface area contributed by atoms with Gasteiger partial charge in [-0.1, -0.05) is 91.0 Å². The Morgan fingerprint density at radius 3 is 1.95 bits per heavy atom. The Bertz CT molecular complexity index is 1560. The highest BCUT2D eigenvalue weighted by Crippen LogP contribution is 2.48. The lowest BCUT2D eigenvalue weighted by atomic mass is 10.0. The van der Waals surface area contributed by atoms with E-state index < -0.39 is 13.6 Å². The van der Waals surface area contributed by atoms with E-state index in [0.717, 1.165) is 16.7 Å². The summed E-state index contributed by atoms with van der Waals surface area (Å²) in [4.78, 5) is 0. The molecule has 0 saturated heterocycles. The van der Waals surface area contributed by atoms with Crippen LogP contribution < -0.4 is 14.4 Å². The van der Waals surface area contributed by atoms with Crippen molar-refractivity contribution in [2.24, 2.45) is 0 Å². The number of rotatable bonds is 13. The zero-order valence-corrected chi connectivity index (χ0v) is 23.2. The number of benzene rings is 4. The monoisotopic (exact) mass is 564 g/mol. The second-order valence-electron chi connectivity index (χ2n) is 9.27. The molecule has 0 unspecified atom stereocenters. The Morgan fingerprint density at radius 2 is 1.37 bits per heavy atom. The number of para-hydroxylation sites is 2. The minimum atomic E-state index is -3.75. The van der Waals surface area contributed by atoms with Crippen LogP contribution >= 0.6 is 7.60 Å². The molecule has 1 atom stereocenters. The normalized spacial score (nSPS) is 11.9. The van der Waals surface area contributed by atoms with Crippen LogP contribution in [0.25, 0.3) is 11.1 Å². The molecule has 10 heteroatoms. The fraction of sp³-hybridized carbons (Fsp3) is 0.161. The topological polar surface area (TPSA) is 115 Å². The van der Waals surface area contributed by atoms with Gasteiger partial charge in [0.25, 0.3) is 0 Å². The quantitative estimate of drug-likeness (QED) is 0.163. The molecule has 1 N–H and O–H groups in total. The Labute approximate surface area is 238 Å². The van der Waals surface area contributed by atoms with E-state index in [0.29, 0.717) is 30.3 Å². The van der Waals surface area contributed by atoms with Crippen LogP contribution in [0.3, 0.4) is 0 Å². The molecule has 4 aromatic carbocycles. The second kappa shape index (κ2) is 13.5. The van der Waals surface area contributed by atoms with Crippen LogP contribution in [0.5, 0.6) is 11.5 Å². The maximum absolute atomic E-state index is 14.1. The first kappa shape index (κ1) is 27.8. The molecule has 0 saturated carbocycles. The number of nitrogens with zero attached hydrogens (tertiary/aromatic N) is 5. The molecule has 0 amide bonds. The molecule has 1 heterocycles. The minimum Gasteiger partial charge on any atom is -0.415 e. The molecule has 0 aliphatic rings. The zero-order valence-electron chi connectivity index (χ0n) is 22.3. The predicted octanol–water partition coefficient (Wildman–Crippen LogP) is 6.44. The van der Waals surface area contributed by atoms with Crippen molar-refractivity contribution in [1.29, 1.82) is 5.26 Å². The number of nitriles is 1. The summed E-state index contributed by atoms with van der Waals surface area (Å²) in [5.41, 5.74) is 3.26. The van der Waals surface area contributed by atoms with Crippen LogP contribution in [0.1, 0.15) is 23.9 Å². The van der Waals surface area contributed by atoms with Gasteiger partial charge >= 0.3 is 7.60 Å². The van der Waals surface area contributed by atoms with Crippen LogP contribution in [0.4, 0.5) is 0 Å². The average Bonchev–Trinajstić information content (AvgIpc) is 3.48. The number of hydrogen-bond acceptors (Lipinski definition) is 8. The number of aryl methyl sites for hydroxylation is 1. The van der Waals surface area contributed by atoms with Gasteiger partial charge in [0.05, 0.1) is 25.1 Å². The van der Waals surface area contributed by atoms with E-state index in [4.69, 9.17) is 14.3 Å². The molecule has 0 radical (unpaired) electrons. The van der Waals surface area contributed by atoms with E-state index in [-0.39, 0.29) is 12.7 Å². The summed E-state index contributed by atoms with van der Waals surface area (Å²) in [6.45, 7) is 0.336. The van der Waals surface area contributed by atoms with E-state index in [1.54, 1.807) is 53.2 Å². The lowest BCUT2D eigenvalue weighted by Gasteiger charge is -2.24. The van der Waals surface area contributed by atoms with Crippen molar-refractivity contribution < 1.29 is 13.6 Å². The number of hydrogen-bond donors (Lipinski definition) is 1. The summed E-state index contributed by atoms with van der Waals surface area (Å²) in [6, 6.07) is 38.0. The first-order valence-corrected chi connectivity index (χ1v) is 14.9. The van der Waals surface area contributed by atoms with Gasteiger partial charge in [0.15, 0.2) is 5.82 Å². The van der Waals surface area contributed by atoms with Crippen molar-refractivity contribution in [2.45, 2.75) is 25.4 Å². The summed E-state index contributed by atoms with van der Waals surface area (Å²) < 4.78 is 27.6. The van der Waals surface area contributed by atoms with Crippen LogP contribution in [0.15, 0.2) is 115 Å². The highest BCUT2D eigenvalue weighted by molar-refractivity contribution is 7.54. The molecule has 0 bridgehead atoms. The van der Waals surface area contributed by atoms with Crippen LogP contribution in [0.2, 0.25) is 0 Å². The van der Waals surface area contributed by atoms with E-state index >= 15 is 0 Å². The van der Waals surface area contributed by atoms with Crippen molar-refractivity contribution in [3.8, 4) is 28.7 Å². The Kier molecular flexibility index (Phi) is 9.17. The molecule has 0 spiro atoms. The van der Waals surface area contributed by atoms with Gasteiger partial charge in [-0.3, -0.25) is 5.32 Å². The first-order chi connectivity index (χ1) is 20.1. The van der Waals surface area contributed by atoms with Gasteiger partial charge in [-0.2, -0.15) is 5.26 Å². The van der Waals surface area contributed by atoms with Gasteiger partial charge in [-0.25, -0.2) is 9.25 Å². The number of nitrogens with one attached hydrogen (secondary N) is 1. The van der Waals surface area contributed by atoms with Crippen molar-refractivity contribution in [1.82, 2.24) is 25.5 Å². The van der Waals surface area contributed by atoms with Crippen LogP contribution in [-0.2, 0) is 17.5 Å². The van der Waals surface area contributed by atoms with Gasteiger partial charge in [-0.05, 0) is 57.8 Å². The molecule has 9 nitrogen and oxygen atoms in total. The summed E-state index contributed by atoms with van der Waals surface area (Å²) in [6.07, 6.45) is 0.636. The standard InChI is InChI=1S/C31H29N6O3P/c32-21-10-22-37-31(34-35-36-37)30(23-25-17-19-27(20-18-25)26-11-4-1-5-12-26)33-24-41(38,39-28-13-6-2-7-14-28)40-29-15-8-3-9-16-29/h1-9,11-20,30,33H,10,22-24H2/t30-/m0/s1. The summed E-state index contributed by atoms with van der Waals surface area (Å²) in [7, 11) is -3.75. The molecule has 0 aliphatic heterocycles. The Morgan fingerprint density at radius 1 is 0.805 bits per heavy atom. The molecule has 0 aliphatic carbocycles. The Balaban J connectivity index is 1.40.